The number of aliphatic carboxylic acids is 1. The zero-order valence-electron chi connectivity index (χ0n) is 16.3. The van der Waals surface area contributed by atoms with Crippen LogP contribution >= 0.6 is 0 Å². The molecule has 29 heavy (non-hydrogen) atoms. The van der Waals surface area contributed by atoms with Crippen LogP contribution in [0.3, 0.4) is 0 Å². The van der Waals surface area contributed by atoms with Gasteiger partial charge in [-0.25, -0.2) is 23.2 Å². The van der Waals surface area contributed by atoms with Gasteiger partial charge in [0.25, 0.3) is 5.92 Å². The molecule has 0 spiro atoms. The second-order valence-electron chi connectivity index (χ2n) is 7.15. The fourth-order valence-electron chi connectivity index (χ4n) is 3.62. The van der Waals surface area contributed by atoms with E-state index in [4.69, 9.17) is 5.11 Å². The van der Waals surface area contributed by atoms with Crippen molar-refractivity contribution in [1.29, 1.82) is 0 Å². The Morgan fingerprint density at radius 3 is 2.76 bits per heavy atom. The molecule has 1 aliphatic rings. The second kappa shape index (κ2) is 7.86. The van der Waals surface area contributed by atoms with Crippen molar-refractivity contribution < 1.29 is 23.8 Å². The number of aliphatic hydroxyl groups excluding tert-OH is 1. The Morgan fingerprint density at radius 2 is 2.14 bits per heavy atom. The molecule has 1 fully saturated rings. The standard InChI is InChI=1S/C19H23F2N5O3/c1-4-13-15(6-5-14(22-13)17-16(9-27)25(3)24-23-17)26-8-12(11(2)18(28)29)7-19(20,21)10-26/h5-6,12,27H,2,4,7-10H2,1,3H3,(H,28,29). The number of nitrogens with zero attached hydrogens (tertiary/aromatic N) is 5. The maximum absolute atomic E-state index is 14.4. The van der Waals surface area contributed by atoms with Crippen molar-refractivity contribution in [2.45, 2.75) is 32.3 Å². The number of hydrogen-bond acceptors (Lipinski definition) is 6. The van der Waals surface area contributed by atoms with Gasteiger partial charge in [0, 0.05) is 31.5 Å². The first-order chi connectivity index (χ1) is 13.7. The van der Waals surface area contributed by atoms with Gasteiger partial charge in [0.05, 0.1) is 35.9 Å². The minimum atomic E-state index is -3.04. The smallest absolute Gasteiger partial charge is 0.331 e. The van der Waals surface area contributed by atoms with E-state index in [0.29, 0.717) is 34.9 Å². The molecule has 3 rings (SSSR count). The van der Waals surface area contributed by atoms with Crippen molar-refractivity contribution in [3.8, 4) is 11.4 Å². The fourth-order valence-corrected chi connectivity index (χ4v) is 3.62. The first kappa shape index (κ1) is 20.8. The number of anilines is 1. The van der Waals surface area contributed by atoms with Gasteiger partial charge in [-0.15, -0.1) is 5.10 Å². The molecule has 3 heterocycles. The number of carbonyl (C=O) groups is 1. The molecule has 0 saturated carbocycles. The summed E-state index contributed by atoms with van der Waals surface area (Å²) < 4.78 is 30.1. The summed E-state index contributed by atoms with van der Waals surface area (Å²) in [6.07, 6.45) is -0.0639. The molecule has 2 aromatic rings. The molecule has 2 aromatic heterocycles. The Labute approximate surface area is 166 Å². The molecule has 0 aliphatic carbocycles. The molecule has 1 aliphatic heterocycles. The van der Waals surface area contributed by atoms with Crippen LogP contribution < -0.4 is 4.90 Å². The molecular formula is C19H23F2N5O3. The number of piperidine rings is 1. The minimum absolute atomic E-state index is 0.127. The third-order valence-electron chi connectivity index (χ3n) is 5.14. The van der Waals surface area contributed by atoms with E-state index < -0.39 is 30.8 Å². The summed E-state index contributed by atoms with van der Waals surface area (Å²) in [6, 6.07) is 3.32. The average molecular weight is 407 g/mol. The van der Waals surface area contributed by atoms with Gasteiger partial charge in [0.2, 0.25) is 0 Å². The van der Waals surface area contributed by atoms with Gasteiger partial charge >= 0.3 is 5.97 Å². The summed E-state index contributed by atoms with van der Waals surface area (Å²) in [5.41, 5.74) is 2.29. The van der Waals surface area contributed by atoms with Gasteiger partial charge in [-0.1, -0.05) is 18.7 Å². The van der Waals surface area contributed by atoms with E-state index in [9.17, 15) is 18.7 Å². The summed E-state index contributed by atoms with van der Waals surface area (Å²) in [6.45, 7) is 4.68. The number of carboxylic acid groups (broad SMARTS) is 1. The molecule has 1 unspecified atom stereocenters. The zero-order valence-corrected chi connectivity index (χ0v) is 16.3. The Balaban J connectivity index is 1.97. The van der Waals surface area contributed by atoms with Gasteiger partial charge in [0.1, 0.15) is 5.69 Å². The topological polar surface area (TPSA) is 104 Å². The van der Waals surface area contributed by atoms with Crippen LogP contribution in [0, 0.1) is 5.92 Å². The SMILES string of the molecule is C=C(C(=O)O)C1CN(c2ccc(-c3nnn(C)c3CO)nc2CC)CC(F)(F)C1. The number of aryl methyl sites for hydroxylation is 2. The van der Waals surface area contributed by atoms with Crippen molar-refractivity contribution in [2.75, 3.05) is 18.0 Å². The lowest BCUT2D eigenvalue weighted by Gasteiger charge is -2.39. The quantitative estimate of drug-likeness (QED) is 0.706. The van der Waals surface area contributed by atoms with Gasteiger partial charge in [-0.2, -0.15) is 0 Å². The maximum atomic E-state index is 14.4. The van der Waals surface area contributed by atoms with Crippen LogP contribution in [0.2, 0.25) is 0 Å². The molecule has 0 amide bonds. The minimum Gasteiger partial charge on any atom is -0.478 e. The van der Waals surface area contributed by atoms with Crippen LogP contribution in [-0.4, -0.2) is 55.2 Å². The van der Waals surface area contributed by atoms with Gasteiger partial charge in [-0.3, -0.25) is 0 Å². The number of aromatic nitrogens is 4. The van der Waals surface area contributed by atoms with Crippen LogP contribution in [0.15, 0.2) is 24.3 Å². The highest BCUT2D eigenvalue weighted by molar-refractivity contribution is 5.86. The first-order valence-electron chi connectivity index (χ1n) is 9.21. The Bertz CT molecular complexity index is 944. The van der Waals surface area contributed by atoms with Crippen molar-refractivity contribution in [3.05, 3.63) is 35.7 Å². The molecule has 0 radical (unpaired) electrons. The molecule has 1 atom stereocenters. The van der Waals surface area contributed by atoms with Crippen molar-refractivity contribution in [2.24, 2.45) is 13.0 Å². The van der Waals surface area contributed by atoms with E-state index in [1.165, 1.54) is 9.58 Å². The van der Waals surface area contributed by atoms with Gasteiger partial charge in [-0.05, 0) is 18.6 Å². The largest absolute Gasteiger partial charge is 0.478 e. The average Bonchev–Trinajstić information content (AvgIpc) is 3.05. The molecule has 0 bridgehead atoms. The maximum Gasteiger partial charge on any atom is 0.331 e. The number of carboxylic acids is 1. The third kappa shape index (κ3) is 4.12. The Morgan fingerprint density at radius 1 is 1.41 bits per heavy atom. The summed E-state index contributed by atoms with van der Waals surface area (Å²) in [7, 11) is 1.66. The Hall–Kier alpha value is -2.88. The highest BCUT2D eigenvalue weighted by Crippen LogP contribution is 2.37. The van der Waals surface area contributed by atoms with Gasteiger partial charge < -0.3 is 15.1 Å². The first-order valence-corrected chi connectivity index (χ1v) is 9.21. The van der Waals surface area contributed by atoms with E-state index in [1.54, 1.807) is 19.2 Å². The van der Waals surface area contributed by atoms with Crippen LogP contribution in [-0.2, 0) is 24.9 Å². The normalized spacial score (nSPS) is 18.7. The highest BCUT2D eigenvalue weighted by atomic mass is 19.3. The lowest BCUT2D eigenvalue weighted by molar-refractivity contribution is -0.133. The molecule has 8 nitrogen and oxygen atoms in total. The van der Waals surface area contributed by atoms with E-state index in [-0.39, 0.29) is 18.7 Å². The van der Waals surface area contributed by atoms with Crippen LogP contribution in [0.4, 0.5) is 14.5 Å². The van der Waals surface area contributed by atoms with E-state index >= 15 is 0 Å². The van der Waals surface area contributed by atoms with Crippen LogP contribution in [0.5, 0.6) is 0 Å². The second-order valence-corrected chi connectivity index (χ2v) is 7.15. The predicted octanol–water partition coefficient (Wildman–Crippen LogP) is 2.03. The van der Waals surface area contributed by atoms with Gasteiger partial charge in [0.15, 0.2) is 0 Å². The molecule has 0 aromatic carbocycles. The highest BCUT2D eigenvalue weighted by Gasteiger charge is 2.43. The van der Waals surface area contributed by atoms with Crippen LogP contribution in [0.1, 0.15) is 24.7 Å². The lowest BCUT2D eigenvalue weighted by Crippen LogP contribution is -2.48. The van der Waals surface area contributed by atoms with E-state index in [1.807, 2.05) is 6.92 Å². The summed E-state index contributed by atoms with van der Waals surface area (Å²) in [4.78, 5) is 17.3. The number of hydrogen-bond donors (Lipinski definition) is 2. The van der Waals surface area contributed by atoms with Crippen molar-refractivity contribution in [3.63, 3.8) is 0 Å². The van der Waals surface area contributed by atoms with Crippen molar-refractivity contribution >= 4 is 11.7 Å². The van der Waals surface area contributed by atoms with Crippen LogP contribution in [0.25, 0.3) is 11.4 Å². The summed E-state index contributed by atoms with van der Waals surface area (Å²) in [5.74, 6) is -5.17. The summed E-state index contributed by atoms with van der Waals surface area (Å²) in [5, 5.41) is 26.6. The van der Waals surface area contributed by atoms with E-state index in [0.717, 1.165) is 0 Å². The monoisotopic (exact) mass is 407 g/mol. The van der Waals surface area contributed by atoms with E-state index in [2.05, 4.69) is 21.9 Å². The molecule has 10 heteroatoms. The molecule has 2 N–H and O–H groups in total. The Kier molecular flexibility index (Phi) is 5.65. The summed E-state index contributed by atoms with van der Waals surface area (Å²) >= 11 is 0. The number of rotatable bonds is 6. The number of aliphatic hydroxyl groups is 1. The van der Waals surface area contributed by atoms with Crippen molar-refractivity contribution in [1.82, 2.24) is 20.0 Å². The molecule has 1 saturated heterocycles. The molecular weight excluding hydrogens is 384 g/mol. The molecule has 156 valence electrons. The lowest BCUT2D eigenvalue weighted by atomic mass is 9.88. The fraction of sp³-hybridized carbons (Fsp3) is 0.474. The third-order valence-corrected chi connectivity index (χ3v) is 5.14. The number of alkyl halides is 2. The predicted molar refractivity (Wildman–Crippen MR) is 102 cm³/mol. The number of pyridine rings is 1. The zero-order chi connectivity index (χ0) is 21.3. The number of halogens is 2.